The van der Waals surface area contributed by atoms with Crippen LogP contribution in [-0.4, -0.2) is 29.5 Å². The Bertz CT molecular complexity index is 524. The Balaban J connectivity index is 1.63. The van der Waals surface area contributed by atoms with Gasteiger partial charge in [-0.1, -0.05) is 18.2 Å². The molecule has 2 saturated heterocycles. The Morgan fingerprint density at radius 2 is 2.17 bits per heavy atom. The van der Waals surface area contributed by atoms with Gasteiger partial charge >= 0.3 is 0 Å². The second kappa shape index (κ2) is 4.18. The molecule has 0 saturated carbocycles. The zero-order chi connectivity index (χ0) is 12.5. The highest BCUT2D eigenvalue weighted by molar-refractivity contribution is 5.99. The normalized spacial score (nSPS) is 23.3. The van der Waals surface area contributed by atoms with E-state index in [4.69, 9.17) is 4.74 Å². The molecule has 2 fully saturated rings. The van der Waals surface area contributed by atoms with Crippen molar-refractivity contribution in [3.63, 3.8) is 0 Å². The van der Waals surface area contributed by atoms with Crippen LogP contribution in [0.4, 0.5) is 5.69 Å². The molecular weight excluding hydrogens is 232 g/mol. The van der Waals surface area contributed by atoms with E-state index in [1.165, 1.54) is 6.08 Å². The van der Waals surface area contributed by atoms with Crippen LogP contribution >= 0.6 is 0 Å². The number of rotatable bonds is 2. The van der Waals surface area contributed by atoms with E-state index in [0.717, 1.165) is 5.69 Å². The first kappa shape index (κ1) is 10.8. The number of nitrogens with one attached hydrogen (secondary N) is 1. The van der Waals surface area contributed by atoms with Crippen molar-refractivity contribution < 1.29 is 14.3 Å². The van der Waals surface area contributed by atoms with Gasteiger partial charge in [0, 0.05) is 11.8 Å². The van der Waals surface area contributed by atoms with Crippen LogP contribution in [0.2, 0.25) is 0 Å². The lowest BCUT2D eigenvalue weighted by molar-refractivity contribution is -0.153. The SMILES string of the molecule is O=C(/C=C1/CN2C(=O)CC2O1)Nc1ccccc1. The van der Waals surface area contributed by atoms with Crippen LogP contribution in [0.25, 0.3) is 0 Å². The van der Waals surface area contributed by atoms with Crippen LogP contribution in [0.1, 0.15) is 6.42 Å². The van der Waals surface area contributed by atoms with Gasteiger partial charge in [-0.25, -0.2) is 0 Å². The van der Waals surface area contributed by atoms with E-state index >= 15 is 0 Å². The Hall–Kier alpha value is -2.30. The zero-order valence-corrected chi connectivity index (χ0v) is 9.63. The van der Waals surface area contributed by atoms with Crippen LogP contribution < -0.4 is 5.32 Å². The maximum absolute atomic E-state index is 11.7. The van der Waals surface area contributed by atoms with Crippen LogP contribution in [0.15, 0.2) is 42.2 Å². The molecule has 2 aliphatic heterocycles. The fourth-order valence-corrected chi connectivity index (χ4v) is 2.03. The van der Waals surface area contributed by atoms with E-state index in [9.17, 15) is 9.59 Å². The lowest BCUT2D eigenvalue weighted by Crippen LogP contribution is -2.48. The van der Waals surface area contributed by atoms with Gasteiger partial charge in [0.15, 0.2) is 6.23 Å². The fourth-order valence-electron chi connectivity index (χ4n) is 2.03. The van der Waals surface area contributed by atoms with Gasteiger partial charge in [-0.2, -0.15) is 0 Å². The van der Waals surface area contributed by atoms with Gasteiger partial charge in [0.05, 0.1) is 13.0 Å². The average molecular weight is 244 g/mol. The quantitative estimate of drug-likeness (QED) is 0.626. The van der Waals surface area contributed by atoms with E-state index in [-0.39, 0.29) is 18.0 Å². The number of amides is 2. The summed E-state index contributed by atoms with van der Waals surface area (Å²) < 4.78 is 5.44. The molecule has 92 valence electrons. The van der Waals surface area contributed by atoms with Gasteiger partial charge in [0.25, 0.3) is 5.91 Å². The molecule has 1 N–H and O–H groups in total. The molecule has 18 heavy (non-hydrogen) atoms. The number of carbonyl (C=O) groups is 2. The lowest BCUT2D eigenvalue weighted by Gasteiger charge is -2.30. The topological polar surface area (TPSA) is 58.6 Å². The molecule has 2 aliphatic rings. The Morgan fingerprint density at radius 3 is 2.83 bits per heavy atom. The summed E-state index contributed by atoms with van der Waals surface area (Å²) >= 11 is 0. The van der Waals surface area contributed by atoms with E-state index in [0.29, 0.717) is 18.7 Å². The number of hydrogen-bond donors (Lipinski definition) is 1. The van der Waals surface area contributed by atoms with Crippen molar-refractivity contribution in [2.45, 2.75) is 12.6 Å². The molecule has 1 aromatic rings. The van der Waals surface area contributed by atoms with Crippen molar-refractivity contribution in [1.82, 2.24) is 4.90 Å². The number of para-hydroxylation sites is 1. The highest BCUT2D eigenvalue weighted by atomic mass is 16.5. The summed E-state index contributed by atoms with van der Waals surface area (Å²) in [7, 11) is 0. The molecular formula is C13H12N2O3. The Labute approximate surface area is 104 Å². The minimum Gasteiger partial charge on any atom is -0.472 e. The van der Waals surface area contributed by atoms with Crippen LogP contribution in [0.3, 0.4) is 0 Å². The van der Waals surface area contributed by atoms with Gasteiger partial charge in [0.1, 0.15) is 5.76 Å². The molecule has 2 heterocycles. The number of fused-ring (bicyclic) bond motifs is 1. The molecule has 0 spiro atoms. The lowest BCUT2D eigenvalue weighted by atomic mass is 10.2. The second-order valence-corrected chi connectivity index (χ2v) is 4.26. The summed E-state index contributed by atoms with van der Waals surface area (Å²) in [5.74, 6) is 0.372. The van der Waals surface area contributed by atoms with Crippen molar-refractivity contribution >= 4 is 17.5 Å². The third-order valence-corrected chi connectivity index (χ3v) is 2.96. The van der Waals surface area contributed by atoms with Crippen molar-refractivity contribution in [1.29, 1.82) is 0 Å². The number of benzene rings is 1. The van der Waals surface area contributed by atoms with E-state index < -0.39 is 0 Å². The molecule has 3 rings (SSSR count). The molecule has 1 aromatic carbocycles. The van der Waals surface area contributed by atoms with Gasteiger partial charge in [-0.15, -0.1) is 0 Å². The van der Waals surface area contributed by atoms with Crippen molar-refractivity contribution in [3.8, 4) is 0 Å². The molecule has 1 atom stereocenters. The predicted octanol–water partition coefficient (Wildman–Crippen LogP) is 1.10. The van der Waals surface area contributed by atoms with Gasteiger partial charge in [-0.3, -0.25) is 14.5 Å². The number of hydrogen-bond acceptors (Lipinski definition) is 3. The number of carbonyl (C=O) groups excluding carboxylic acids is 2. The van der Waals surface area contributed by atoms with Crippen LogP contribution in [0, 0.1) is 0 Å². The summed E-state index contributed by atoms with van der Waals surface area (Å²) in [6.07, 6.45) is 1.66. The molecule has 0 bridgehead atoms. The molecule has 0 aromatic heterocycles. The monoisotopic (exact) mass is 244 g/mol. The summed E-state index contributed by atoms with van der Waals surface area (Å²) in [4.78, 5) is 24.5. The predicted molar refractivity (Wildman–Crippen MR) is 64.4 cm³/mol. The molecule has 5 nitrogen and oxygen atoms in total. The minimum atomic E-state index is -0.244. The van der Waals surface area contributed by atoms with Crippen LogP contribution in [0.5, 0.6) is 0 Å². The summed E-state index contributed by atoms with van der Waals surface area (Å²) in [5, 5.41) is 2.73. The maximum Gasteiger partial charge on any atom is 0.251 e. The first-order chi connectivity index (χ1) is 8.72. The van der Waals surface area contributed by atoms with Gasteiger partial charge in [-0.05, 0) is 12.1 Å². The van der Waals surface area contributed by atoms with Gasteiger partial charge < -0.3 is 10.1 Å². The van der Waals surface area contributed by atoms with Gasteiger partial charge in [0.2, 0.25) is 5.91 Å². The fraction of sp³-hybridized carbons (Fsp3) is 0.231. The first-order valence-electron chi connectivity index (χ1n) is 5.75. The standard InChI is InChI=1S/C13H12N2O3/c16-11(14-9-4-2-1-3-5-9)6-10-8-15-12(17)7-13(15)18-10/h1-6,13H,7-8H2,(H,14,16)/b10-6-. The smallest absolute Gasteiger partial charge is 0.251 e. The first-order valence-corrected chi connectivity index (χ1v) is 5.75. The van der Waals surface area contributed by atoms with E-state index in [1.807, 2.05) is 30.3 Å². The third kappa shape index (κ3) is 1.95. The summed E-state index contributed by atoms with van der Waals surface area (Å²) in [6.45, 7) is 0.395. The summed E-state index contributed by atoms with van der Waals surface area (Å²) in [5.41, 5.74) is 0.733. The summed E-state index contributed by atoms with van der Waals surface area (Å²) in [6, 6.07) is 9.19. The number of ether oxygens (including phenoxy) is 1. The largest absolute Gasteiger partial charge is 0.472 e. The number of anilines is 1. The van der Waals surface area contributed by atoms with E-state index in [1.54, 1.807) is 4.90 Å². The van der Waals surface area contributed by atoms with Crippen LogP contribution in [-0.2, 0) is 14.3 Å². The third-order valence-electron chi connectivity index (χ3n) is 2.96. The highest BCUT2D eigenvalue weighted by Crippen LogP contribution is 2.30. The van der Waals surface area contributed by atoms with Crippen molar-refractivity contribution in [3.05, 3.63) is 42.2 Å². The Kier molecular flexibility index (Phi) is 2.51. The van der Waals surface area contributed by atoms with Crippen molar-refractivity contribution in [2.75, 3.05) is 11.9 Å². The molecule has 0 aliphatic carbocycles. The van der Waals surface area contributed by atoms with Crippen molar-refractivity contribution in [2.24, 2.45) is 0 Å². The molecule has 1 unspecified atom stereocenters. The minimum absolute atomic E-state index is 0.0758. The number of nitrogens with zero attached hydrogens (tertiary/aromatic N) is 1. The maximum atomic E-state index is 11.7. The molecule has 2 amide bonds. The zero-order valence-electron chi connectivity index (χ0n) is 9.63. The molecule has 5 heteroatoms. The second-order valence-electron chi connectivity index (χ2n) is 4.26. The Morgan fingerprint density at radius 1 is 1.39 bits per heavy atom. The highest BCUT2D eigenvalue weighted by Gasteiger charge is 2.43. The number of β-lactam (4-membered cyclic amide) rings is 1. The average Bonchev–Trinajstić information content (AvgIpc) is 2.67. The molecule has 0 radical (unpaired) electrons. The van der Waals surface area contributed by atoms with E-state index in [2.05, 4.69) is 5.32 Å².